The summed E-state index contributed by atoms with van der Waals surface area (Å²) in [6.45, 7) is 1.77. The van der Waals surface area contributed by atoms with Gasteiger partial charge in [-0.1, -0.05) is 66.7 Å². The van der Waals surface area contributed by atoms with Crippen molar-refractivity contribution in [3.05, 3.63) is 122 Å². The van der Waals surface area contributed by atoms with Gasteiger partial charge < -0.3 is 10.1 Å². The van der Waals surface area contributed by atoms with E-state index in [1.807, 2.05) is 30.3 Å². The van der Waals surface area contributed by atoms with Crippen LogP contribution in [0.5, 0.6) is 0 Å². The van der Waals surface area contributed by atoms with E-state index in [1.54, 1.807) is 19.1 Å². The summed E-state index contributed by atoms with van der Waals surface area (Å²) in [5.41, 5.74) is 3.78. The molecule has 0 spiro atoms. The fourth-order valence-electron chi connectivity index (χ4n) is 3.50. The molecule has 33 heavy (non-hydrogen) atoms. The lowest BCUT2D eigenvalue weighted by Gasteiger charge is -2.11. The van der Waals surface area contributed by atoms with Crippen molar-refractivity contribution in [2.75, 3.05) is 0 Å². The summed E-state index contributed by atoms with van der Waals surface area (Å²) in [6, 6.07) is 24.4. The first-order chi connectivity index (χ1) is 15.9. The van der Waals surface area contributed by atoms with Gasteiger partial charge in [-0.25, -0.2) is 9.59 Å². The minimum Gasteiger partial charge on any atom is -0.478 e. The van der Waals surface area contributed by atoms with Crippen LogP contribution in [0.3, 0.4) is 0 Å². The predicted octanol–water partition coefficient (Wildman–Crippen LogP) is 4.55. The maximum atomic E-state index is 12.9. The van der Waals surface area contributed by atoms with Crippen LogP contribution >= 0.6 is 11.8 Å². The second-order valence-electron chi connectivity index (χ2n) is 7.63. The third-order valence-electron chi connectivity index (χ3n) is 5.33. The summed E-state index contributed by atoms with van der Waals surface area (Å²) < 4.78 is 1.13. The van der Waals surface area contributed by atoms with E-state index in [2.05, 4.69) is 29.2 Å². The van der Waals surface area contributed by atoms with Crippen molar-refractivity contribution in [1.82, 2.24) is 9.55 Å². The molecule has 0 aliphatic rings. The Labute approximate surface area is 194 Å². The van der Waals surface area contributed by atoms with E-state index in [9.17, 15) is 14.4 Å². The molecular weight excluding hydrogens is 436 g/mol. The van der Waals surface area contributed by atoms with E-state index in [-0.39, 0.29) is 17.7 Å². The van der Waals surface area contributed by atoms with E-state index >= 15 is 0 Å². The molecule has 0 unspecified atom stereocenters. The number of benzene rings is 3. The molecule has 0 bridgehead atoms. The Bertz CT molecular complexity index is 1410. The van der Waals surface area contributed by atoms with Crippen LogP contribution in [-0.4, -0.2) is 20.6 Å². The van der Waals surface area contributed by atoms with Crippen LogP contribution in [0.2, 0.25) is 0 Å². The van der Waals surface area contributed by atoms with Gasteiger partial charge in [0.15, 0.2) is 0 Å². The van der Waals surface area contributed by atoms with Gasteiger partial charge in [-0.3, -0.25) is 9.36 Å². The van der Waals surface area contributed by atoms with Gasteiger partial charge in [0.2, 0.25) is 0 Å². The second kappa shape index (κ2) is 9.75. The molecule has 7 heteroatoms. The predicted molar refractivity (Wildman–Crippen MR) is 130 cm³/mol. The quantitative estimate of drug-likeness (QED) is 0.313. The van der Waals surface area contributed by atoms with E-state index in [0.29, 0.717) is 21.9 Å². The van der Waals surface area contributed by atoms with Gasteiger partial charge in [0.1, 0.15) is 0 Å². The minimum absolute atomic E-state index is 0.0684. The highest BCUT2D eigenvalue weighted by Crippen LogP contribution is 2.25. The third-order valence-corrected chi connectivity index (χ3v) is 6.51. The number of nitrogens with zero attached hydrogens (tertiary/aromatic N) is 1. The summed E-state index contributed by atoms with van der Waals surface area (Å²) in [5, 5.41) is 9.56. The number of carboxylic acid groups (broad SMARTS) is 1. The van der Waals surface area contributed by atoms with Gasteiger partial charge in [-0.2, -0.15) is 0 Å². The van der Waals surface area contributed by atoms with Crippen LogP contribution in [0, 0.1) is 6.92 Å². The van der Waals surface area contributed by atoms with Crippen molar-refractivity contribution in [2.24, 2.45) is 0 Å². The van der Waals surface area contributed by atoms with E-state index in [0.717, 1.165) is 21.3 Å². The SMILES string of the molecule is Cc1c(SCc2cccc(-c3ccccc3)c2)[nH]c(=O)n(Cc2ccc(C(=O)O)cc2)c1=O. The lowest BCUT2D eigenvalue weighted by molar-refractivity contribution is 0.0697. The summed E-state index contributed by atoms with van der Waals surface area (Å²) in [4.78, 5) is 39.3. The zero-order valence-electron chi connectivity index (χ0n) is 17.9. The zero-order valence-corrected chi connectivity index (χ0v) is 18.8. The molecular formula is C26H22N2O4S. The number of rotatable bonds is 7. The monoisotopic (exact) mass is 458 g/mol. The number of aromatic carboxylic acids is 1. The first kappa shape index (κ1) is 22.4. The van der Waals surface area contributed by atoms with Gasteiger partial charge in [0.05, 0.1) is 17.1 Å². The number of hydrogen-bond acceptors (Lipinski definition) is 4. The van der Waals surface area contributed by atoms with Crippen molar-refractivity contribution in [1.29, 1.82) is 0 Å². The number of thioether (sulfide) groups is 1. The molecule has 0 amide bonds. The molecule has 3 aromatic carbocycles. The Kier molecular flexibility index (Phi) is 6.60. The average Bonchev–Trinajstić information content (AvgIpc) is 2.84. The van der Waals surface area contributed by atoms with E-state index < -0.39 is 11.7 Å². The molecule has 0 radical (unpaired) electrons. The molecule has 0 aliphatic heterocycles. The highest BCUT2D eigenvalue weighted by atomic mass is 32.2. The zero-order chi connectivity index (χ0) is 23.4. The average molecular weight is 459 g/mol. The van der Waals surface area contributed by atoms with Gasteiger partial charge >= 0.3 is 11.7 Å². The molecule has 0 fully saturated rings. The van der Waals surface area contributed by atoms with Gasteiger partial charge in [-0.15, -0.1) is 11.8 Å². The molecule has 166 valence electrons. The topological polar surface area (TPSA) is 92.2 Å². The normalized spacial score (nSPS) is 10.8. The van der Waals surface area contributed by atoms with E-state index in [1.165, 1.54) is 23.9 Å². The molecule has 0 atom stereocenters. The summed E-state index contributed by atoms with van der Waals surface area (Å²) in [5.74, 6) is -0.416. The Balaban J connectivity index is 1.53. The van der Waals surface area contributed by atoms with Crippen molar-refractivity contribution in [3.63, 3.8) is 0 Å². The second-order valence-corrected chi connectivity index (χ2v) is 8.62. The Morgan fingerprint density at radius 1 is 0.909 bits per heavy atom. The largest absolute Gasteiger partial charge is 0.478 e. The third kappa shape index (κ3) is 5.15. The molecule has 4 rings (SSSR count). The van der Waals surface area contributed by atoms with E-state index in [4.69, 9.17) is 5.11 Å². The van der Waals surface area contributed by atoms with Crippen LogP contribution < -0.4 is 11.2 Å². The highest BCUT2D eigenvalue weighted by molar-refractivity contribution is 7.98. The first-order valence-corrected chi connectivity index (χ1v) is 11.3. The molecule has 0 saturated carbocycles. The Morgan fingerprint density at radius 3 is 2.30 bits per heavy atom. The summed E-state index contributed by atoms with van der Waals surface area (Å²) in [6.07, 6.45) is 0. The van der Waals surface area contributed by atoms with Crippen LogP contribution in [0.4, 0.5) is 0 Å². The number of nitrogens with one attached hydrogen (secondary N) is 1. The fraction of sp³-hybridized carbons (Fsp3) is 0.115. The number of carboxylic acids is 1. The number of hydrogen-bond donors (Lipinski definition) is 2. The lowest BCUT2D eigenvalue weighted by Crippen LogP contribution is -2.37. The molecule has 0 aliphatic carbocycles. The number of H-pyrrole nitrogens is 1. The summed E-state index contributed by atoms with van der Waals surface area (Å²) >= 11 is 1.42. The summed E-state index contributed by atoms with van der Waals surface area (Å²) in [7, 11) is 0. The molecule has 1 heterocycles. The first-order valence-electron chi connectivity index (χ1n) is 10.4. The van der Waals surface area contributed by atoms with Crippen molar-refractivity contribution in [3.8, 4) is 11.1 Å². The maximum Gasteiger partial charge on any atom is 0.335 e. The maximum absolute atomic E-state index is 12.9. The van der Waals surface area contributed by atoms with Crippen LogP contribution in [0.25, 0.3) is 11.1 Å². The van der Waals surface area contributed by atoms with Crippen molar-refractivity contribution >= 4 is 17.7 Å². The van der Waals surface area contributed by atoms with Crippen LogP contribution in [0.15, 0.2) is 93.5 Å². The van der Waals surface area contributed by atoms with Gasteiger partial charge in [0.25, 0.3) is 5.56 Å². The Hall–Kier alpha value is -3.84. The minimum atomic E-state index is -1.02. The number of carbonyl (C=O) groups is 1. The van der Waals surface area contributed by atoms with Crippen LogP contribution in [0.1, 0.15) is 27.0 Å². The standard InChI is InChI=1S/C26H22N2O4S/c1-17-23(33-16-19-6-5-9-22(14-19)20-7-3-2-4-8-20)27-26(32)28(24(17)29)15-18-10-12-21(13-11-18)25(30)31/h2-14H,15-16H2,1H3,(H,27,32)(H,30,31). The molecule has 4 aromatic rings. The Morgan fingerprint density at radius 2 is 1.61 bits per heavy atom. The number of aromatic nitrogens is 2. The number of aromatic amines is 1. The van der Waals surface area contributed by atoms with Crippen molar-refractivity contribution < 1.29 is 9.90 Å². The molecule has 1 aromatic heterocycles. The van der Waals surface area contributed by atoms with Crippen LogP contribution in [-0.2, 0) is 12.3 Å². The molecule has 2 N–H and O–H groups in total. The fourth-order valence-corrected chi connectivity index (χ4v) is 4.45. The molecule has 6 nitrogen and oxygen atoms in total. The highest BCUT2D eigenvalue weighted by Gasteiger charge is 2.12. The molecule has 0 saturated heterocycles. The van der Waals surface area contributed by atoms with Crippen molar-refractivity contribution in [2.45, 2.75) is 24.2 Å². The smallest absolute Gasteiger partial charge is 0.335 e. The lowest BCUT2D eigenvalue weighted by atomic mass is 10.0. The van der Waals surface area contributed by atoms with Gasteiger partial charge in [-0.05, 0) is 41.3 Å². The van der Waals surface area contributed by atoms with Gasteiger partial charge in [0, 0.05) is 11.3 Å².